The van der Waals surface area contributed by atoms with E-state index in [0.717, 1.165) is 29.9 Å². The maximum absolute atomic E-state index is 12.6. The number of amides is 1. The molecule has 1 N–H and O–H groups in total. The Morgan fingerprint density at radius 1 is 1.23 bits per heavy atom. The van der Waals surface area contributed by atoms with Crippen LogP contribution in [-0.2, 0) is 32.6 Å². The molecule has 3 heterocycles. The van der Waals surface area contributed by atoms with Gasteiger partial charge in [0.25, 0.3) is 0 Å². The Labute approximate surface area is 176 Å². The molecule has 0 spiro atoms. The topological polar surface area (TPSA) is 105 Å². The van der Waals surface area contributed by atoms with Gasteiger partial charge in [0, 0.05) is 44.4 Å². The number of aromatic nitrogens is 2. The molecule has 0 bridgehead atoms. The fourth-order valence-corrected chi connectivity index (χ4v) is 4.69. The van der Waals surface area contributed by atoms with Crippen LogP contribution in [0.15, 0.2) is 35.4 Å². The number of aryl methyl sites for hydroxylation is 1. The minimum absolute atomic E-state index is 0.0483. The molecule has 10 heteroatoms. The lowest BCUT2D eigenvalue weighted by Gasteiger charge is -2.26. The van der Waals surface area contributed by atoms with Gasteiger partial charge in [0.05, 0.1) is 30.3 Å². The van der Waals surface area contributed by atoms with Crippen LogP contribution in [0.4, 0.5) is 5.95 Å². The van der Waals surface area contributed by atoms with Crippen LogP contribution in [0.2, 0.25) is 0 Å². The standard InChI is InChI=1S/C20H25N5O4S/c1-15-3-2-4-17(11-15)30(27,28)22-6-5-19(26)25-13-16-12-21-20(23-18(16)14-25)24-7-9-29-10-8-24/h2-4,11-12,22H,5-10,13-14H2,1H3. The summed E-state index contributed by atoms with van der Waals surface area (Å²) in [6.07, 6.45) is 1.86. The first kappa shape index (κ1) is 20.7. The van der Waals surface area contributed by atoms with Gasteiger partial charge in [-0.2, -0.15) is 0 Å². The zero-order chi connectivity index (χ0) is 21.1. The summed E-state index contributed by atoms with van der Waals surface area (Å²) in [4.78, 5) is 25.6. The van der Waals surface area contributed by atoms with Crippen LogP contribution >= 0.6 is 0 Å². The SMILES string of the molecule is Cc1cccc(S(=O)(=O)NCCC(=O)N2Cc3cnc(N4CCOCC4)nc3C2)c1. The number of rotatable bonds is 6. The van der Waals surface area contributed by atoms with Crippen molar-refractivity contribution in [3.05, 3.63) is 47.3 Å². The molecular weight excluding hydrogens is 406 g/mol. The van der Waals surface area contributed by atoms with Crippen LogP contribution in [-0.4, -0.2) is 62.0 Å². The number of anilines is 1. The largest absolute Gasteiger partial charge is 0.378 e. The van der Waals surface area contributed by atoms with Crippen molar-refractivity contribution in [2.75, 3.05) is 37.7 Å². The second-order valence-corrected chi connectivity index (χ2v) is 9.22. The molecule has 4 rings (SSSR count). The van der Waals surface area contributed by atoms with Gasteiger partial charge in [-0.05, 0) is 24.6 Å². The number of carbonyl (C=O) groups excluding carboxylic acids is 1. The third-order valence-corrected chi connectivity index (χ3v) is 6.68. The number of hydrogen-bond donors (Lipinski definition) is 1. The van der Waals surface area contributed by atoms with Gasteiger partial charge in [0.1, 0.15) is 0 Å². The molecule has 2 aromatic rings. The molecule has 1 aromatic carbocycles. The van der Waals surface area contributed by atoms with E-state index >= 15 is 0 Å². The third kappa shape index (κ3) is 4.61. The van der Waals surface area contributed by atoms with Gasteiger partial charge in [-0.15, -0.1) is 0 Å². The maximum atomic E-state index is 12.6. The Balaban J connectivity index is 1.32. The summed E-state index contributed by atoms with van der Waals surface area (Å²) >= 11 is 0. The number of fused-ring (bicyclic) bond motifs is 1. The monoisotopic (exact) mass is 431 g/mol. The van der Waals surface area contributed by atoms with Gasteiger partial charge in [-0.1, -0.05) is 12.1 Å². The van der Waals surface area contributed by atoms with Gasteiger partial charge in [-0.3, -0.25) is 4.79 Å². The number of nitrogens with one attached hydrogen (secondary N) is 1. The number of nitrogens with zero attached hydrogens (tertiary/aromatic N) is 4. The molecule has 1 saturated heterocycles. The third-order valence-electron chi connectivity index (χ3n) is 5.22. The molecule has 0 atom stereocenters. The van der Waals surface area contributed by atoms with E-state index in [1.54, 1.807) is 29.3 Å². The first-order chi connectivity index (χ1) is 14.4. The molecule has 2 aliphatic heterocycles. The Morgan fingerprint density at radius 3 is 2.80 bits per heavy atom. The van der Waals surface area contributed by atoms with Gasteiger partial charge < -0.3 is 14.5 Å². The van der Waals surface area contributed by atoms with Gasteiger partial charge in [-0.25, -0.2) is 23.1 Å². The quantitative estimate of drug-likeness (QED) is 0.722. The molecule has 0 radical (unpaired) electrons. The average molecular weight is 432 g/mol. The zero-order valence-corrected chi connectivity index (χ0v) is 17.7. The van der Waals surface area contributed by atoms with E-state index in [4.69, 9.17) is 4.74 Å². The summed E-state index contributed by atoms with van der Waals surface area (Å²) in [6.45, 7) is 5.56. The minimum atomic E-state index is -3.63. The molecular formula is C20H25N5O4S. The van der Waals surface area contributed by atoms with Crippen LogP contribution in [0.5, 0.6) is 0 Å². The summed E-state index contributed by atoms with van der Waals surface area (Å²) < 4.78 is 32.6. The number of sulfonamides is 1. The summed E-state index contributed by atoms with van der Waals surface area (Å²) in [5, 5.41) is 0. The smallest absolute Gasteiger partial charge is 0.240 e. The Bertz CT molecular complexity index is 1040. The molecule has 160 valence electrons. The highest BCUT2D eigenvalue weighted by molar-refractivity contribution is 7.89. The lowest BCUT2D eigenvalue weighted by molar-refractivity contribution is -0.131. The van der Waals surface area contributed by atoms with Crippen molar-refractivity contribution in [1.82, 2.24) is 19.6 Å². The van der Waals surface area contributed by atoms with E-state index in [-0.39, 0.29) is 23.8 Å². The van der Waals surface area contributed by atoms with Gasteiger partial charge in [0.2, 0.25) is 21.9 Å². The Kier molecular flexibility index (Phi) is 5.98. The van der Waals surface area contributed by atoms with E-state index in [9.17, 15) is 13.2 Å². The molecule has 1 fully saturated rings. The first-order valence-electron chi connectivity index (χ1n) is 9.94. The lowest BCUT2D eigenvalue weighted by atomic mass is 10.2. The van der Waals surface area contributed by atoms with Crippen LogP contribution < -0.4 is 9.62 Å². The van der Waals surface area contributed by atoms with Crippen molar-refractivity contribution >= 4 is 21.9 Å². The van der Waals surface area contributed by atoms with E-state index in [0.29, 0.717) is 32.3 Å². The summed E-state index contributed by atoms with van der Waals surface area (Å²) in [5.74, 6) is 0.546. The first-order valence-corrected chi connectivity index (χ1v) is 11.4. The van der Waals surface area contributed by atoms with E-state index in [2.05, 4.69) is 19.6 Å². The lowest BCUT2D eigenvalue weighted by Crippen LogP contribution is -2.37. The van der Waals surface area contributed by atoms with Gasteiger partial charge in [0.15, 0.2) is 0 Å². The zero-order valence-electron chi connectivity index (χ0n) is 16.9. The summed E-state index contributed by atoms with van der Waals surface area (Å²) in [7, 11) is -3.63. The molecule has 30 heavy (non-hydrogen) atoms. The van der Waals surface area contributed by atoms with Crippen molar-refractivity contribution in [2.24, 2.45) is 0 Å². The Hall–Kier alpha value is -2.56. The van der Waals surface area contributed by atoms with Crippen molar-refractivity contribution in [2.45, 2.75) is 31.3 Å². The fourth-order valence-electron chi connectivity index (χ4n) is 3.55. The van der Waals surface area contributed by atoms with Crippen molar-refractivity contribution < 1.29 is 17.9 Å². The fraction of sp³-hybridized carbons (Fsp3) is 0.450. The minimum Gasteiger partial charge on any atom is -0.378 e. The number of carbonyl (C=O) groups is 1. The van der Waals surface area contributed by atoms with Crippen LogP contribution in [0.3, 0.4) is 0 Å². The number of benzene rings is 1. The van der Waals surface area contributed by atoms with Crippen LogP contribution in [0, 0.1) is 6.92 Å². The second-order valence-electron chi connectivity index (χ2n) is 7.46. The predicted molar refractivity (Wildman–Crippen MR) is 110 cm³/mol. The molecule has 1 amide bonds. The summed E-state index contributed by atoms with van der Waals surface area (Å²) in [5.41, 5.74) is 2.64. The molecule has 0 aliphatic carbocycles. The van der Waals surface area contributed by atoms with E-state index in [1.165, 1.54) is 0 Å². The molecule has 0 unspecified atom stereocenters. The number of morpholine rings is 1. The molecule has 0 saturated carbocycles. The van der Waals surface area contributed by atoms with Crippen molar-refractivity contribution in [3.63, 3.8) is 0 Å². The average Bonchev–Trinajstić information content (AvgIpc) is 3.18. The van der Waals surface area contributed by atoms with Gasteiger partial charge >= 0.3 is 0 Å². The normalized spacial score (nSPS) is 16.6. The highest BCUT2D eigenvalue weighted by atomic mass is 32.2. The highest BCUT2D eigenvalue weighted by Gasteiger charge is 2.26. The van der Waals surface area contributed by atoms with Crippen LogP contribution in [0.1, 0.15) is 23.2 Å². The van der Waals surface area contributed by atoms with E-state index in [1.807, 2.05) is 13.0 Å². The van der Waals surface area contributed by atoms with Crippen LogP contribution in [0.25, 0.3) is 0 Å². The summed E-state index contributed by atoms with van der Waals surface area (Å²) in [6, 6.07) is 6.68. The molecule has 2 aliphatic rings. The highest BCUT2D eigenvalue weighted by Crippen LogP contribution is 2.23. The van der Waals surface area contributed by atoms with Crippen molar-refractivity contribution in [1.29, 1.82) is 0 Å². The molecule has 1 aromatic heterocycles. The molecule has 9 nitrogen and oxygen atoms in total. The number of ether oxygens (including phenoxy) is 1. The predicted octanol–water partition coefficient (Wildman–Crippen LogP) is 0.832. The Morgan fingerprint density at radius 2 is 2.03 bits per heavy atom. The number of hydrogen-bond acceptors (Lipinski definition) is 7. The van der Waals surface area contributed by atoms with E-state index < -0.39 is 10.0 Å². The second kappa shape index (κ2) is 8.66. The maximum Gasteiger partial charge on any atom is 0.240 e. The van der Waals surface area contributed by atoms with Crippen molar-refractivity contribution in [3.8, 4) is 0 Å².